The zero-order valence-corrected chi connectivity index (χ0v) is 24.8. The summed E-state index contributed by atoms with van der Waals surface area (Å²) in [6.45, 7) is 6.37. The molecule has 0 saturated heterocycles. The molecule has 2 aromatic rings. The second-order valence-electron chi connectivity index (χ2n) is 8.06. The number of benzene rings is 2. The molecule has 2 rings (SSSR count). The van der Waals surface area contributed by atoms with E-state index in [1.807, 2.05) is 55.5 Å². The van der Waals surface area contributed by atoms with Crippen molar-refractivity contribution in [2.75, 3.05) is 32.2 Å². The van der Waals surface area contributed by atoms with Crippen LogP contribution in [0.2, 0.25) is 0 Å². The minimum Gasteiger partial charge on any atom is -0.493 e. The van der Waals surface area contributed by atoms with Crippen molar-refractivity contribution in [1.29, 1.82) is 0 Å². The van der Waals surface area contributed by atoms with Gasteiger partial charge in [0, 0.05) is 23.3 Å². The lowest BCUT2D eigenvalue weighted by Gasteiger charge is -2.14. The van der Waals surface area contributed by atoms with Crippen LogP contribution in [0.25, 0.3) is 0 Å². The Morgan fingerprint density at radius 3 is 2.59 bits per heavy atom. The van der Waals surface area contributed by atoms with Gasteiger partial charge in [-0.1, -0.05) is 15.9 Å². The van der Waals surface area contributed by atoms with Gasteiger partial charge in [0.2, 0.25) is 0 Å². The molecule has 0 saturated carbocycles. The molecule has 0 atom stereocenters. The second kappa shape index (κ2) is 15.5. The van der Waals surface area contributed by atoms with Gasteiger partial charge in [-0.25, -0.2) is 5.43 Å². The van der Waals surface area contributed by atoms with Gasteiger partial charge in [-0.3, -0.25) is 14.4 Å². The molecule has 3 amide bonds. The first-order valence-electron chi connectivity index (χ1n) is 11.4. The Morgan fingerprint density at radius 2 is 1.92 bits per heavy atom. The quantitative estimate of drug-likeness (QED) is 0.103. The second-order valence-corrected chi connectivity index (χ2v) is 10.1. The third-order valence-electron chi connectivity index (χ3n) is 4.68. The lowest BCUT2D eigenvalue weighted by Crippen LogP contribution is -2.38. The Kier molecular flexibility index (Phi) is 12.8. The molecule has 0 unspecified atom stereocenters. The molecule has 10 nitrogen and oxygen atoms in total. The van der Waals surface area contributed by atoms with Gasteiger partial charge in [-0.2, -0.15) is 5.10 Å². The number of carbonyl (C=O) groups excluding carboxylic acids is 3. The fourth-order valence-electron chi connectivity index (χ4n) is 2.90. The summed E-state index contributed by atoms with van der Waals surface area (Å²) in [6.07, 6.45) is 2.08. The Morgan fingerprint density at radius 1 is 1.16 bits per heavy atom. The summed E-state index contributed by atoms with van der Waals surface area (Å²) in [6, 6.07) is 8.87. The molecule has 12 heteroatoms. The van der Waals surface area contributed by atoms with Gasteiger partial charge in [-0.15, -0.1) is 0 Å². The molecule has 37 heavy (non-hydrogen) atoms. The largest absolute Gasteiger partial charge is 0.493 e. The van der Waals surface area contributed by atoms with E-state index < -0.39 is 11.8 Å². The molecule has 0 aromatic heterocycles. The fraction of sp³-hybridized carbons (Fsp3) is 0.360. The van der Waals surface area contributed by atoms with Gasteiger partial charge in [0.25, 0.3) is 5.91 Å². The standard InChI is InChI=1S/C25H30BrIN4O6/c1-15(2)36-9-5-8-28-24(33)25(34)31-29-13-17-11-20(27)23(21(12-17)35-4)37-14-22(32)30-18-6-7-19(26)16(3)10-18/h6-7,10-13,15H,5,8-9,14H2,1-4H3,(H,28,33)(H,30,32)(H,31,34)/b29-13-. The number of nitrogens with zero attached hydrogens (tertiary/aromatic N) is 1. The number of amides is 3. The van der Waals surface area contributed by atoms with Crippen LogP contribution in [0.1, 0.15) is 31.4 Å². The maximum absolute atomic E-state index is 12.4. The minimum atomic E-state index is -0.880. The van der Waals surface area contributed by atoms with Crippen LogP contribution >= 0.6 is 38.5 Å². The number of halogens is 2. The zero-order chi connectivity index (χ0) is 27.4. The number of ether oxygens (including phenoxy) is 3. The van der Waals surface area contributed by atoms with Crippen LogP contribution in [-0.2, 0) is 19.1 Å². The first kappa shape index (κ1) is 30.5. The normalized spacial score (nSPS) is 10.9. The molecule has 0 aliphatic heterocycles. The van der Waals surface area contributed by atoms with Crippen molar-refractivity contribution in [2.24, 2.45) is 5.10 Å². The highest BCUT2D eigenvalue weighted by atomic mass is 127. The lowest BCUT2D eigenvalue weighted by atomic mass is 10.2. The highest BCUT2D eigenvalue weighted by Crippen LogP contribution is 2.33. The van der Waals surface area contributed by atoms with Crippen LogP contribution in [0.3, 0.4) is 0 Å². The summed E-state index contributed by atoms with van der Waals surface area (Å²) in [5.74, 6) is -1.21. The Bertz CT molecular complexity index is 1140. The van der Waals surface area contributed by atoms with E-state index in [4.69, 9.17) is 14.2 Å². The molecule has 0 fully saturated rings. The predicted molar refractivity (Wildman–Crippen MR) is 153 cm³/mol. The van der Waals surface area contributed by atoms with Crippen molar-refractivity contribution < 1.29 is 28.6 Å². The summed E-state index contributed by atoms with van der Waals surface area (Å²) >= 11 is 5.48. The Balaban J connectivity index is 1.89. The molecular formula is C25H30BrIN4O6. The topological polar surface area (TPSA) is 127 Å². The first-order valence-corrected chi connectivity index (χ1v) is 13.3. The number of rotatable bonds is 12. The highest BCUT2D eigenvalue weighted by Gasteiger charge is 2.15. The summed E-state index contributed by atoms with van der Waals surface area (Å²) in [5, 5.41) is 9.13. The molecular weight excluding hydrogens is 659 g/mol. The molecule has 3 N–H and O–H groups in total. The van der Waals surface area contributed by atoms with Crippen LogP contribution in [0.4, 0.5) is 5.69 Å². The maximum Gasteiger partial charge on any atom is 0.329 e. The van der Waals surface area contributed by atoms with Crippen molar-refractivity contribution in [1.82, 2.24) is 10.7 Å². The molecule has 0 bridgehead atoms. The van der Waals surface area contributed by atoms with Crippen LogP contribution in [0, 0.1) is 10.5 Å². The van der Waals surface area contributed by atoms with Crippen LogP contribution in [0.5, 0.6) is 11.5 Å². The van der Waals surface area contributed by atoms with Crippen LogP contribution in [-0.4, -0.2) is 56.9 Å². The summed E-state index contributed by atoms with van der Waals surface area (Å²) < 4.78 is 18.1. The Labute approximate surface area is 238 Å². The van der Waals surface area contributed by atoms with E-state index in [-0.39, 0.29) is 18.6 Å². The molecule has 0 spiro atoms. The Hall–Kier alpha value is -2.71. The van der Waals surface area contributed by atoms with E-state index in [2.05, 4.69) is 37.1 Å². The summed E-state index contributed by atoms with van der Waals surface area (Å²) in [4.78, 5) is 36.1. The number of nitrogens with one attached hydrogen (secondary N) is 3. The molecule has 0 aliphatic carbocycles. The molecule has 0 heterocycles. The zero-order valence-electron chi connectivity index (χ0n) is 21.0. The third kappa shape index (κ3) is 10.7. The number of methoxy groups -OCH3 is 1. The molecule has 0 radical (unpaired) electrons. The van der Waals surface area contributed by atoms with Crippen molar-refractivity contribution >= 4 is 68.1 Å². The van der Waals surface area contributed by atoms with E-state index in [1.54, 1.807) is 18.2 Å². The SMILES string of the molecule is COc1cc(/C=N\NC(=O)C(=O)NCCCOC(C)C)cc(I)c1OCC(=O)Nc1ccc(Br)c(C)c1. The van der Waals surface area contributed by atoms with E-state index in [0.29, 0.717) is 45.9 Å². The number of anilines is 1. The average molecular weight is 689 g/mol. The van der Waals surface area contributed by atoms with Gasteiger partial charge < -0.3 is 24.8 Å². The number of hydrazone groups is 1. The number of carbonyl (C=O) groups is 3. The molecule has 0 aliphatic rings. The number of aryl methyl sites for hydroxylation is 1. The average Bonchev–Trinajstić information content (AvgIpc) is 2.84. The van der Waals surface area contributed by atoms with Gasteiger partial charge in [0.05, 0.1) is 23.0 Å². The van der Waals surface area contributed by atoms with Gasteiger partial charge in [-0.05, 0) is 91.2 Å². The van der Waals surface area contributed by atoms with Crippen LogP contribution in [0.15, 0.2) is 39.9 Å². The minimum absolute atomic E-state index is 0.113. The van der Waals surface area contributed by atoms with E-state index in [1.165, 1.54) is 13.3 Å². The van der Waals surface area contributed by atoms with Crippen molar-refractivity contribution in [3.63, 3.8) is 0 Å². The van der Waals surface area contributed by atoms with Crippen molar-refractivity contribution in [3.8, 4) is 11.5 Å². The van der Waals surface area contributed by atoms with E-state index in [9.17, 15) is 14.4 Å². The summed E-state index contributed by atoms with van der Waals surface area (Å²) in [5.41, 5.74) is 4.44. The number of hydrogen-bond acceptors (Lipinski definition) is 7. The molecule has 200 valence electrons. The first-order chi connectivity index (χ1) is 17.6. The number of hydrogen-bond donors (Lipinski definition) is 3. The maximum atomic E-state index is 12.4. The summed E-state index contributed by atoms with van der Waals surface area (Å²) in [7, 11) is 1.47. The van der Waals surface area contributed by atoms with Crippen LogP contribution < -0.4 is 25.5 Å². The van der Waals surface area contributed by atoms with Crippen molar-refractivity contribution in [2.45, 2.75) is 33.3 Å². The van der Waals surface area contributed by atoms with Gasteiger partial charge >= 0.3 is 11.8 Å². The van der Waals surface area contributed by atoms with E-state index in [0.717, 1.165) is 10.0 Å². The third-order valence-corrected chi connectivity index (χ3v) is 6.38. The van der Waals surface area contributed by atoms with Crippen molar-refractivity contribution in [3.05, 3.63) is 49.5 Å². The smallest absolute Gasteiger partial charge is 0.329 e. The highest BCUT2D eigenvalue weighted by molar-refractivity contribution is 14.1. The van der Waals surface area contributed by atoms with Gasteiger partial charge in [0.1, 0.15) is 0 Å². The monoisotopic (exact) mass is 688 g/mol. The fourth-order valence-corrected chi connectivity index (χ4v) is 3.93. The lowest BCUT2D eigenvalue weighted by molar-refractivity contribution is -0.139. The van der Waals surface area contributed by atoms with E-state index >= 15 is 0 Å². The predicted octanol–water partition coefficient (Wildman–Crippen LogP) is 3.77. The molecule has 2 aromatic carbocycles. The van der Waals surface area contributed by atoms with Gasteiger partial charge in [0.15, 0.2) is 18.1 Å².